The Balaban J connectivity index is 1.58. The summed E-state index contributed by atoms with van der Waals surface area (Å²) in [5.74, 6) is 0. The van der Waals surface area contributed by atoms with Crippen molar-refractivity contribution >= 4 is 45.2 Å². The normalized spacial score (nSPS) is 10.3. The van der Waals surface area contributed by atoms with Crippen LogP contribution in [0.2, 0.25) is 0 Å². The first-order valence-electron chi connectivity index (χ1n) is 6.90. The monoisotopic (exact) mass is 436 g/mol. The molecule has 0 aliphatic carbocycles. The number of rotatable bonds is 4. The maximum atomic E-state index is 11.8. The molecule has 1 amide bonds. The molecule has 0 unspecified atom stereocenters. The maximum Gasteiger partial charge on any atom is 0.413 e. The van der Waals surface area contributed by atoms with Crippen LogP contribution in [0.1, 0.15) is 5.56 Å². The summed E-state index contributed by atoms with van der Waals surface area (Å²) in [5.41, 5.74) is 2.80. The molecule has 0 saturated carbocycles. The Kier molecular flexibility index (Phi) is 5.24. The molecule has 0 aliphatic rings. The summed E-state index contributed by atoms with van der Waals surface area (Å²) in [4.78, 5) is 16.2. The number of ether oxygens (including phenoxy) is 1. The molecule has 4 nitrogen and oxygen atoms in total. The average molecular weight is 436 g/mol. The molecule has 0 aliphatic heterocycles. The van der Waals surface area contributed by atoms with E-state index >= 15 is 0 Å². The summed E-state index contributed by atoms with van der Waals surface area (Å²) in [7, 11) is 0. The summed E-state index contributed by atoms with van der Waals surface area (Å²) >= 11 is 3.63. The second-order valence-corrected chi connectivity index (χ2v) is 6.84. The molecule has 1 N–H and O–H groups in total. The van der Waals surface area contributed by atoms with Gasteiger partial charge in [0.15, 0.2) is 5.13 Å². The van der Waals surface area contributed by atoms with Crippen molar-refractivity contribution in [2.75, 3.05) is 5.32 Å². The maximum absolute atomic E-state index is 11.8. The number of nitrogens with one attached hydrogen (secondary N) is 1. The van der Waals surface area contributed by atoms with E-state index < -0.39 is 6.09 Å². The second-order valence-electron chi connectivity index (χ2n) is 4.73. The second kappa shape index (κ2) is 7.56. The van der Waals surface area contributed by atoms with Gasteiger partial charge in [0.05, 0.1) is 5.69 Å². The quantitative estimate of drug-likeness (QED) is 0.575. The minimum atomic E-state index is -0.502. The van der Waals surface area contributed by atoms with Gasteiger partial charge >= 0.3 is 6.09 Å². The third-order valence-electron chi connectivity index (χ3n) is 3.07. The van der Waals surface area contributed by atoms with Gasteiger partial charge in [-0.2, -0.15) is 0 Å². The van der Waals surface area contributed by atoms with Gasteiger partial charge < -0.3 is 4.74 Å². The van der Waals surface area contributed by atoms with Gasteiger partial charge in [0.1, 0.15) is 6.61 Å². The van der Waals surface area contributed by atoms with Crippen molar-refractivity contribution in [2.24, 2.45) is 0 Å². The molecule has 0 atom stereocenters. The van der Waals surface area contributed by atoms with Gasteiger partial charge in [-0.1, -0.05) is 42.5 Å². The van der Waals surface area contributed by atoms with Crippen molar-refractivity contribution in [3.63, 3.8) is 0 Å². The Bertz CT molecular complexity index is 788. The standard InChI is InChI=1S/C17H13IN2O2S/c18-14-8-6-13(7-9-14)15-11-23-16(19-15)20-17(21)22-10-12-4-2-1-3-5-12/h1-9,11H,10H2,(H,19,20,21). The van der Waals surface area contributed by atoms with Crippen molar-refractivity contribution in [1.82, 2.24) is 4.98 Å². The molecule has 0 spiro atoms. The number of anilines is 1. The van der Waals surface area contributed by atoms with Gasteiger partial charge in [-0.25, -0.2) is 9.78 Å². The predicted octanol–water partition coefficient (Wildman–Crippen LogP) is 5.16. The topological polar surface area (TPSA) is 51.2 Å². The van der Waals surface area contributed by atoms with E-state index in [1.165, 1.54) is 14.9 Å². The number of thiazole rings is 1. The summed E-state index contributed by atoms with van der Waals surface area (Å²) in [6, 6.07) is 17.6. The number of halogens is 1. The predicted molar refractivity (Wildman–Crippen MR) is 101 cm³/mol. The number of benzene rings is 2. The van der Waals surface area contributed by atoms with E-state index in [0.717, 1.165) is 16.8 Å². The van der Waals surface area contributed by atoms with Gasteiger partial charge in [0.25, 0.3) is 0 Å². The van der Waals surface area contributed by atoms with Crippen molar-refractivity contribution in [3.8, 4) is 11.3 Å². The van der Waals surface area contributed by atoms with Crippen LogP contribution in [0.15, 0.2) is 60.0 Å². The lowest BCUT2D eigenvalue weighted by Crippen LogP contribution is -2.13. The van der Waals surface area contributed by atoms with Crippen LogP contribution in [0, 0.1) is 3.57 Å². The number of hydrogen-bond donors (Lipinski definition) is 1. The summed E-state index contributed by atoms with van der Waals surface area (Å²) < 4.78 is 6.35. The van der Waals surface area contributed by atoms with Crippen LogP contribution < -0.4 is 5.32 Å². The molecule has 3 aromatic rings. The van der Waals surface area contributed by atoms with Crippen LogP contribution in [-0.4, -0.2) is 11.1 Å². The van der Waals surface area contributed by atoms with Crippen LogP contribution in [0.3, 0.4) is 0 Å². The number of carbonyl (C=O) groups is 1. The summed E-state index contributed by atoms with van der Waals surface area (Å²) in [6.07, 6.45) is -0.502. The van der Waals surface area contributed by atoms with Gasteiger partial charge in [0, 0.05) is 14.5 Å². The molecule has 6 heteroatoms. The fraction of sp³-hybridized carbons (Fsp3) is 0.0588. The van der Waals surface area contributed by atoms with Crippen LogP contribution in [0.4, 0.5) is 9.93 Å². The van der Waals surface area contributed by atoms with E-state index in [1.807, 2.05) is 60.0 Å². The highest BCUT2D eigenvalue weighted by atomic mass is 127. The Morgan fingerprint density at radius 2 is 1.87 bits per heavy atom. The molecule has 3 rings (SSSR count). The van der Waals surface area contributed by atoms with Crippen molar-refractivity contribution in [2.45, 2.75) is 6.61 Å². The molecule has 1 aromatic heterocycles. The van der Waals surface area contributed by atoms with Crippen LogP contribution in [0.25, 0.3) is 11.3 Å². The number of nitrogens with zero attached hydrogens (tertiary/aromatic N) is 1. The summed E-state index contributed by atoms with van der Waals surface area (Å²) in [5, 5.41) is 5.09. The largest absolute Gasteiger partial charge is 0.444 e. The van der Waals surface area contributed by atoms with Gasteiger partial charge in [-0.3, -0.25) is 5.32 Å². The molecule has 1 heterocycles. The van der Waals surface area contributed by atoms with Gasteiger partial charge in [0.2, 0.25) is 0 Å². The van der Waals surface area contributed by atoms with Crippen LogP contribution in [0.5, 0.6) is 0 Å². The molecule has 116 valence electrons. The van der Waals surface area contributed by atoms with Crippen molar-refractivity contribution in [1.29, 1.82) is 0 Å². The lowest BCUT2D eigenvalue weighted by Gasteiger charge is -2.04. The molecular weight excluding hydrogens is 423 g/mol. The molecule has 23 heavy (non-hydrogen) atoms. The van der Waals surface area contributed by atoms with Crippen LogP contribution in [-0.2, 0) is 11.3 Å². The molecular formula is C17H13IN2O2S. The Morgan fingerprint density at radius 1 is 1.13 bits per heavy atom. The lowest BCUT2D eigenvalue weighted by atomic mass is 10.2. The van der Waals surface area contributed by atoms with Gasteiger partial charge in [-0.05, 0) is 40.3 Å². The molecule has 0 saturated heterocycles. The molecule has 2 aromatic carbocycles. The summed E-state index contributed by atoms with van der Waals surface area (Å²) in [6.45, 7) is 0.238. The van der Waals surface area contributed by atoms with E-state index in [0.29, 0.717) is 5.13 Å². The molecule has 0 fully saturated rings. The fourth-order valence-electron chi connectivity index (χ4n) is 1.93. The van der Waals surface area contributed by atoms with E-state index in [2.05, 4.69) is 32.9 Å². The fourth-order valence-corrected chi connectivity index (χ4v) is 3.00. The first-order valence-corrected chi connectivity index (χ1v) is 8.86. The van der Waals surface area contributed by atoms with Crippen molar-refractivity contribution in [3.05, 3.63) is 69.1 Å². The highest BCUT2D eigenvalue weighted by molar-refractivity contribution is 14.1. The molecule has 0 bridgehead atoms. The number of carbonyl (C=O) groups excluding carboxylic acids is 1. The SMILES string of the molecule is O=C(Nc1nc(-c2ccc(I)cc2)cs1)OCc1ccccc1. The van der Waals surface area contributed by atoms with Gasteiger partial charge in [-0.15, -0.1) is 11.3 Å². The molecule has 0 radical (unpaired) electrons. The third-order valence-corrected chi connectivity index (χ3v) is 4.54. The van der Waals surface area contributed by atoms with E-state index in [-0.39, 0.29) is 6.61 Å². The Labute approximate surface area is 151 Å². The van der Waals surface area contributed by atoms with E-state index in [4.69, 9.17) is 4.74 Å². The Hall–Kier alpha value is -1.93. The zero-order valence-electron chi connectivity index (χ0n) is 12.0. The lowest BCUT2D eigenvalue weighted by molar-refractivity contribution is 0.155. The first kappa shape index (κ1) is 15.9. The number of aromatic nitrogens is 1. The number of amides is 1. The third kappa shape index (κ3) is 4.52. The zero-order chi connectivity index (χ0) is 16.1. The van der Waals surface area contributed by atoms with E-state index in [1.54, 1.807) is 0 Å². The number of hydrogen-bond acceptors (Lipinski definition) is 4. The highest BCUT2D eigenvalue weighted by Gasteiger charge is 2.09. The smallest absolute Gasteiger partial charge is 0.413 e. The minimum absolute atomic E-state index is 0.238. The van der Waals surface area contributed by atoms with Crippen molar-refractivity contribution < 1.29 is 9.53 Å². The first-order chi connectivity index (χ1) is 11.2. The highest BCUT2D eigenvalue weighted by Crippen LogP contribution is 2.25. The Morgan fingerprint density at radius 3 is 2.61 bits per heavy atom. The van der Waals surface area contributed by atoms with Crippen LogP contribution >= 0.6 is 33.9 Å². The zero-order valence-corrected chi connectivity index (χ0v) is 15.0. The minimum Gasteiger partial charge on any atom is -0.444 e. The van der Waals surface area contributed by atoms with E-state index in [9.17, 15) is 4.79 Å². The average Bonchev–Trinajstić information content (AvgIpc) is 3.03.